The van der Waals surface area contributed by atoms with Crippen molar-refractivity contribution in [3.8, 4) is 0 Å². The summed E-state index contributed by atoms with van der Waals surface area (Å²) in [5.74, 6) is 0. The van der Waals surface area contributed by atoms with Gasteiger partial charge < -0.3 is 5.32 Å². The van der Waals surface area contributed by atoms with Crippen molar-refractivity contribution in [1.82, 2.24) is 5.32 Å². The third-order valence-electron chi connectivity index (χ3n) is 1.32. The van der Waals surface area contributed by atoms with Crippen molar-refractivity contribution in [2.45, 2.75) is 13.3 Å². The zero-order valence-corrected chi connectivity index (χ0v) is 7.02. The molecule has 0 aromatic rings. The zero-order valence-electron chi connectivity index (χ0n) is 7.02. The summed E-state index contributed by atoms with van der Waals surface area (Å²) < 4.78 is 0. The van der Waals surface area contributed by atoms with Crippen LogP contribution in [0.5, 0.6) is 0 Å². The molecule has 10 heavy (non-hydrogen) atoms. The molecule has 0 aromatic heterocycles. The second-order valence-electron chi connectivity index (χ2n) is 2.12. The van der Waals surface area contributed by atoms with Gasteiger partial charge in [-0.05, 0) is 19.5 Å². The van der Waals surface area contributed by atoms with Crippen molar-refractivity contribution in [3.05, 3.63) is 11.6 Å². The van der Waals surface area contributed by atoms with Crippen molar-refractivity contribution in [1.29, 1.82) is 0 Å². The molecule has 58 valence electrons. The molecular formula is C8H16N2. The lowest BCUT2D eigenvalue weighted by Crippen LogP contribution is -2.09. The van der Waals surface area contributed by atoms with Crippen molar-refractivity contribution in [2.24, 2.45) is 4.99 Å². The van der Waals surface area contributed by atoms with Gasteiger partial charge in [0.1, 0.15) is 0 Å². The number of nitrogens with one attached hydrogen (secondary N) is 1. The molecule has 2 nitrogen and oxygen atoms in total. The molecule has 2 heteroatoms. The smallest absolute Gasteiger partial charge is 0.0277 e. The summed E-state index contributed by atoms with van der Waals surface area (Å²) in [6.45, 7) is 3.11. The largest absolute Gasteiger partial charge is 0.316 e. The molecule has 0 radical (unpaired) electrons. The number of aliphatic imine (C=N–C) groups is 1. The molecule has 0 amide bonds. The summed E-state index contributed by atoms with van der Waals surface area (Å²) in [5.41, 5.74) is 1.38. The average molecular weight is 140 g/mol. The molecule has 0 aliphatic heterocycles. The highest BCUT2D eigenvalue weighted by Gasteiger charge is 1.87. The number of nitrogens with zero attached hydrogens (tertiary/aromatic N) is 1. The van der Waals surface area contributed by atoms with E-state index in [-0.39, 0.29) is 0 Å². The van der Waals surface area contributed by atoms with E-state index in [0.29, 0.717) is 0 Å². The van der Waals surface area contributed by atoms with Gasteiger partial charge in [-0.25, -0.2) is 0 Å². The SMILES string of the molecule is CC/C(=C\C=NC)CNC. The molecule has 0 fully saturated rings. The standard InChI is InChI=1S/C8H16N2/c1-4-8(7-10-3)5-6-9-2/h5-6,10H,4,7H2,1-3H3/b8-5+,9-6?. The third-order valence-corrected chi connectivity index (χ3v) is 1.32. The van der Waals surface area contributed by atoms with Gasteiger partial charge in [0.25, 0.3) is 0 Å². The minimum atomic E-state index is 0.961. The van der Waals surface area contributed by atoms with Gasteiger partial charge in [0.2, 0.25) is 0 Å². The van der Waals surface area contributed by atoms with Crippen LogP contribution in [0.2, 0.25) is 0 Å². The Hall–Kier alpha value is -0.630. The van der Waals surface area contributed by atoms with Crippen LogP contribution in [0.25, 0.3) is 0 Å². The van der Waals surface area contributed by atoms with E-state index < -0.39 is 0 Å². The third kappa shape index (κ3) is 4.27. The van der Waals surface area contributed by atoms with Gasteiger partial charge in [-0.15, -0.1) is 0 Å². The highest BCUT2D eigenvalue weighted by atomic mass is 14.8. The Morgan fingerprint density at radius 1 is 1.60 bits per heavy atom. The molecule has 0 spiro atoms. The molecule has 0 saturated heterocycles. The summed E-state index contributed by atoms with van der Waals surface area (Å²) in [6.07, 6.45) is 4.97. The van der Waals surface area contributed by atoms with Gasteiger partial charge in [-0.3, -0.25) is 4.99 Å². The lowest BCUT2D eigenvalue weighted by atomic mass is 10.2. The number of allylic oxidation sites excluding steroid dienone is 1. The Balaban J connectivity index is 3.78. The van der Waals surface area contributed by atoms with E-state index in [9.17, 15) is 0 Å². The van der Waals surface area contributed by atoms with Crippen molar-refractivity contribution in [3.63, 3.8) is 0 Å². The molecule has 0 bridgehead atoms. The van der Waals surface area contributed by atoms with E-state index in [1.165, 1.54) is 5.57 Å². The van der Waals surface area contributed by atoms with Crippen molar-refractivity contribution >= 4 is 6.21 Å². The molecule has 0 aliphatic carbocycles. The maximum Gasteiger partial charge on any atom is 0.0277 e. The number of rotatable bonds is 4. The molecule has 0 aromatic carbocycles. The molecule has 0 rings (SSSR count). The van der Waals surface area contributed by atoms with Crippen LogP contribution >= 0.6 is 0 Å². The maximum atomic E-state index is 3.88. The Bertz CT molecular complexity index is 125. The van der Waals surface area contributed by atoms with Gasteiger partial charge in [-0.1, -0.05) is 12.5 Å². The van der Waals surface area contributed by atoms with E-state index >= 15 is 0 Å². The van der Waals surface area contributed by atoms with Crippen LogP contribution in [0, 0.1) is 0 Å². The molecule has 0 aliphatic rings. The lowest BCUT2D eigenvalue weighted by Gasteiger charge is -1.99. The van der Waals surface area contributed by atoms with E-state index in [2.05, 4.69) is 23.3 Å². The quantitative estimate of drug-likeness (QED) is 0.584. The molecule has 0 saturated carbocycles. The fourth-order valence-electron chi connectivity index (χ4n) is 0.709. The lowest BCUT2D eigenvalue weighted by molar-refractivity contribution is 0.846. The van der Waals surface area contributed by atoms with Crippen molar-refractivity contribution in [2.75, 3.05) is 20.6 Å². The minimum absolute atomic E-state index is 0.961. The van der Waals surface area contributed by atoms with E-state index in [4.69, 9.17) is 0 Å². The fraction of sp³-hybridized carbons (Fsp3) is 0.625. The van der Waals surface area contributed by atoms with Crippen LogP contribution in [0.1, 0.15) is 13.3 Å². The number of hydrogen-bond donors (Lipinski definition) is 1. The van der Waals surface area contributed by atoms with E-state index in [1.54, 1.807) is 7.05 Å². The second-order valence-corrected chi connectivity index (χ2v) is 2.12. The van der Waals surface area contributed by atoms with Gasteiger partial charge in [0.05, 0.1) is 0 Å². The van der Waals surface area contributed by atoms with Crippen LogP contribution in [0.4, 0.5) is 0 Å². The van der Waals surface area contributed by atoms with Crippen LogP contribution < -0.4 is 5.32 Å². The molecule has 1 N–H and O–H groups in total. The fourth-order valence-corrected chi connectivity index (χ4v) is 0.709. The van der Waals surface area contributed by atoms with E-state index in [0.717, 1.165) is 13.0 Å². The summed E-state index contributed by atoms with van der Waals surface area (Å²) >= 11 is 0. The van der Waals surface area contributed by atoms with Gasteiger partial charge in [0, 0.05) is 19.8 Å². The molecule has 0 atom stereocenters. The predicted octanol–water partition coefficient (Wildman–Crippen LogP) is 1.24. The Labute approximate surface area is 63.0 Å². The summed E-state index contributed by atoms with van der Waals surface area (Å²) in [7, 11) is 3.73. The first-order chi connectivity index (χ1) is 4.85. The predicted molar refractivity (Wildman–Crippen MR) is 46.7 cm³/mol. The first-order valence-electron chi connectivity index (χ1n) is 3.60. The Morgan fingerprint density at radius 3 is 2.70 bits per heavy atom. The first kappa shape index (κ1) is 9.37. The van der Waals surface area contributed by atoms with Crippen LogP contribution in [-0.2, 0) is 0 Å². The minimum Gasteiger partial charge on any atom is -0.316 e. The van der Waals surface area contributed by atoms with Gasteiger partial charge >= 0.3 is 0 Å². The zero-order chi connectivity index (χ0) is 7.82. The molecule has 0 heterocycles. The van der Waals surface area contributed by atoms with Crippen LogP contribution in [-0.4, -0.2) is 26.9 Å². The summed E-state index contributed by atoms with van der Waals surface area (Å²) in [4.78, 5) is 3.88. The molecule has 0 unspecified atom stereocenters. The summed E-state index contributed by atoms with van der Waals surface area (Å²) in [5, 5.41) is 3.10. The highest BCUT2D eigenvalue weighted by molar-refractivity contribution is 5.72. The van der Waals surface area contributed by atoms with Crippen molar-refractivity contribution < 1.29 is 0 Å². The number of hydrogen-bond acceptors (Lipinski definition) is 2. The number of likely N-dealkylation sites (N-methyl/N-ethyl adjacent to an activating group) is 1. The Morgan fingerprint density at radius 2 is 2.30 bits per heavy atom. The second kappa shape index (κ2) is 6.49. The van der Waals surface area contributed by atoms with Crippen LogP contribution in [0.3, 0.4) is 0 Å². The first-order valence-corrected chi connectivity index (χ1v) is 3.60. The van der Waals surface area contributed by atoms with E-state index in [1.807, 2.05) is 13.3 Å². The van der Waals surface area contributed by atoms with Crippen LogP contribution in [0.15, 0.2) is 16.6 Å². The monoisotopic (exact) mass is 140 g/mol. The van der Waals surface area contributed by atoms with Gasteiger partial charge in [0.15, 0.2) is 0 Å². The molecular weight excluding hydrogens is 124 g/mol. The normalized spacial score (nSPS) is 12.9. The maximum absolute atomic E-state index is 3.88. The topological polar surface area (TPSA) is 24.4 Å². The Kier molecular flexibility index (Phi) is 6.08. The van der Waals surface area contributed by atoms with Gasteiger partial charge in [-0.2, -0.15) is 0 Å². The average Bonchev–Trinajstić information content (AvgIpc) is 1.98. The highest BCUT2D eigenvalue weighted by Crippen LogP contribution is 1.95. The summed E-state index contributed by atoms with van der Waals surface area (Å²) in [6, 6.07) is 0.